The van der Waals surface area contributed by atoms with Crippen LogP contribution in [0.2, 0.25) is 0 Å². The third-order valence-electron chi connectivity index (χ3n) is 6.56. The molecule has 0 unspecified atom stereocenters. The number of aliphatic hydroxyl groups is 1. The van der Waals surface area contributed by atoms with Crippen LogP contribution in [0.15, 0.2) is 58.3 Å². The number of hydrogen-bond acceptors (Lipinski definition) is 8. The smallest absolute Gasteiger partial charge is 0.253 e. The standard InChI is InChI=1S/C25H25N3O4S3/c1-17-20(14-34-27-17)13-25(30)9-11-28(12-10-25)24(29)19-7-5-18(6-8-19)15-35(31,32)22-4-2-3-21-23(22)33-16-26-21/h2-8,14,16,30H,9-13,15H2,1H3. The van der Waals surface area contributed by atoms with Crippen LogP contribution >= 0.6 is 22.9 Å². The van der Waals surface area contributed by atoms with Crippen LogP contribution in [0, 0.1) is 6.92 Å². The fraction of sp³-hybridized carbons (Fsp3) is 0.320. The molecule has 3 heterocycles. The third kappa shape index (κ3) is 5.02. The molecule has 0 saturated carbocycles. The molecule has 0 aliphatic carbocycles. The molecule has 10 heteroatoms. The van der Waals surface area contributed by atoms with Gasteiger partial charge in [0.25, 0.3) is 5.91 Å². The normalized spacial score (nSPS) is 16.0. The first kappa shape index (κ1) is 24.1. The van der Waals surface area contributed by atoms with Gasteiger partial charge in [0, 0.05) is 30.5 Å². The van der Waals surface area contributed by atoms with Crippen molar-refractivity contribution in [3.05, 3.63) is 75.7 Å². The molecule has 0 atom stereocenters. The second-order valence-corrected chi connectivity index (χ2v) is 12.5. The van der Waals surface area contributed by atoms with Gasteiger partial charge < -0.3 is 10.0 Å². The van der Waals surface area contributed by atoms with E-state index in [1.165, 1.54) is 22.9 Å². The highest BCUT2D eigenvalue weighted by atomic mass is 32.2. The average Bonchev–Trinajstić information content (AvgIpc) is 3.48. The number of carbonyl (C=O) groups excluding carboxylic acids is 1. The maximum Gasteiger partial charge on any atom is 0.253 e. The molecule has 1 fully saturated rings. The first-order valence-corrected chi connectivity index (χ1v) is 14.7. The van der Waals surface area contributed by atoms with Crippen LogP contribution in [0.3, 0.4) is 0 Å². The van der Waals surface area contributed by atoms with Crippen LogP contribution in [0.25, 0.3) is 10.2 Å². The highest BCUT2D eigenvalue weighted by molar-refractivity contribution is 7.91. The van der Waals surface area contributed by atoms with Crippen molar-refractivity contribution in [2.45, 2.75) is 42.4 Å². The van der Waals surface area contributed by atoms with Crippen molar-refractivity contribution >= 4 is 48.8 Å². The molecule has 2 aromatic carbocycles. The number of fused-ring (bicyclic) bond motifs is 1. The van der Waals surface area contributed by atoms with Gasteiger partial charge in [-0.05, 0) is 66.7 Å². The van der Waals surface area contributed by atoms with Gasteiger partial charge in [0.15, 0.2) is 9.84 Å². The van der Waals surface area contributed by atoms with Crippen LogP contribution in [0.4, 0.5) is 0 Å². The van der Waals surface area contributed by atoms with Gasteiger partial charge in [-0.2, -0.15) is 4.37 Å². The Hall–Kier alpha value is -2.66. The molecule has 0 bridgehead atoms. The van der Waals surface area contributed by atoms with Gasteiger partial charge in [-0.15, -0.1) is 11.3 Å². The summed E-state index contributed by atoms with van der Waals surface area (Å²) in [6.45, 7) is 2.89. The van der Waals surface area contributed by atoms with Gasteiger partial charge in [-0.3, -0.25) is 4.79 Å². The van der Waals surface area contributed by atoms with Gasteiger partial charge in [0.05, 0.1) is 37.7 Å². The number of aryl methyl sites for hydroxylation is 1. The lowest BCUT2D eigenvalue weighted by molar-refractivity contribution is -0.0163. The Bertz CT molecular complexity index is 1470. The molecule has 1 aliphatic rings. The Morgan fingerprint density at radius 1 is 1.14 bits per heavy atom. The molecule has 35 heavy (non-hydrogen) atoms. The maximum atomic E-state index is 13.1. The van der Waals surface area contributed by atoms with Crippen molar-refractivity contribution < 1.29 is 18.3 Å². The Morgan fingerprint density at radius 3 is 2.57 bits per heavy atom. The van der Waals surface area contributed by atoms with Crippen molar-refractivity contribution in [1.29, 1.82) is 0 Å². The van der Waals surface area contributed by atoms with E-state index in [-0.39, 0.29) is 16.6 Å². The lowest BCUT2D eigenvalue weighted by atomic mass is 9.85. The molecule has 7 nitrogen and oxygen atoms in total. The summed E-state index contributed by atoms with van der Waals surface area (Å²) < 4.78 is 31.0. The van der Waals surface area contributed by atoms with Gasteiger partial charge in [0.2, 0.25) is 0 Å². The monoisotopic (exact) mass is 527 g/mol. The number of rotatable bonds is 6. The zero-order valence-corrected chi connectivity index (χ0v) is 21.6. The van der Waals surface area contributed by atoms with Gasteiger partial charge in [0.1, 0.15) is 0 Å². The predicted molar refractivity (Wildman–Crippen MR) is 138 cm³/mol. The molecule has 1 saturated heterocycles. The largest absolute Gasteiger partial charge is 0.389 e. The van der Waals surface area contributed by atoms with Crippen molar-refractivity contribution in [2.24, 2.45) is 0 Å². The number of thiazole rings is 1. The SMILES string of the molecule is Cc1nscc1CC1(O)CCN(C(=O)c2ccc(CS(=O)(=O)c3cccc4ncsc34)cc2)CC1. The minimum atomic E-state index is -3.56. The van der Waals surface area contributed by atoms with E-state index in [4.69, 9.17) is 0 Å². The fourth-order valence-corrected chi connectivity index (χ4v) is 7.86. The zero-order valence-electron chi connectivity index (χ0n) is 19.2. The van der Waals surface area contributed by atoms with Crippen LogP contribution in [0.1, 0.15) is 40.0 Å². The Labute approximate surface area is 212 Å². The number of hydrogen-bond donors (Lipinski definition) is 1. The van der Waals surface area contributed by atoms with Crippen molar-refractivity contribution in [2.75, 3.05) is 13.1 Å². The van der Waals surface area contributed by atoms with Crippen LogP contribution in [-0.4, -0.2) is 52.4 Å². The summed E-state index contributed by atoms with van der Waals surface area (Å²) in [5, 5.41) is 13.0. The topological polar surface area (TPSA) is 100 Å². The maximum absolute atomic E-state index is 13.1. The molecule has 5 rings (SSSR count). The summed E-state index contributed by atoms with van der Waals surface area (Å²) in [5.74, 6) is -0.254. The van der Waals surface area contributed by atoms with Crippen molar-refractivity contribution in [3.8, 4) is 0 Å². The minimum absolute atomic E-state index is 0.107. The predicted octanol–water partition coefficient (Wildman–Crippen LogP) is 4.24. The van der Waals surface area contributed by atoms with Gasteiger partial charge in [-0.1, -0.05) is 18.2 Å². The lowest BCUT2D eigenvalue weighted by Gasteiger charge is -2.38. The van der Waals surface area contributed by atoms with Crippen LogP contribution in [-0.2, 0) is 22.0 Å². The minimum Gasteiger partial charge on any atom is -0.389 e. The average molecular weight is 528 g/mol. The van der Waals surface area contributed by atoms with E-state index in [0.717, 1.165) is 11.3 Å². The molecule has 1 aliphatic heterocycles. The summed E-state index contributed by atoms with van der Waals surface area (Å²) in [5.41, 5.74) is 4.64. The number of carbonyl (C=O) groups is 1. The number of benzene rings is 2. The zero-order chi connectivity index (χ0) is 24.6. The first-order chi connectivity index (χ1) is 16.7. The van der Waals surface area contributed by atoms with E-state index in [9.17, 15) is 18.3 Å². The quantitative estimate of drug-likeness (QED) is 0.403. The molecule has 0 spiro atoms. The molecule has 2 aromatic heterocycles. The molecule has 1 amide bonds. The van der Waals surface area contributed by atoms with E-state index in [1.807, 2.05) is 12.3 Å². The number of aromatic nitrogens is 2. The summed E-state index contributed by atoms with van der Waals surface area (Å²) in [7, 11) is -3.56. The Kier molecular flexibility index (Phi) is 6.47. The number of amides is 1. The van der Waals surface area contributed by atoms with E-state index in [0.29, 0.717) is 53.7 Å². The molecule has 182 valence electrons. The molecular weight excluding hydrogens is 502 g/mol. The summed E-state index contributed by atoms with van der Waals surface area (Å²) >= 11 is 2.71. The second-order valence-electron chi connectivity index (χ2n) is 9.03. The van der Waals surface area contributed by atoms with Crippen molar-refractivity contribution in [3.63, 3.8) is 0 Å². The third-order valence-corrected chi connectivity index (χ3v) is 10.1. The lowest BCUT2D eigenvalue weighted by Crippen LogP contribution is -2.47. The number of likely N-dealkylation sites (tertiary alicyclic amines) is 1. The number of sulfone groups is 1. The van der Waals surface area contributed by atoms with E-state index < -0.39 is 15.4 Å². The molecule has 0 radical (unpaired) electrons. The highest BCUT2D eigenvalue weighted by Gasteiger charge is 2.35. The second kappa shape index (κ2) is 9.42. The molecular formula is C25H25N3O4S3. The molecule has 1 N–H and O–H groups in total. The number of piperidine rings is 1. The summed E-state index contributed by atoms with van der Waals surface area (Å²) in [6.07, 6.45) is 1.57. The summed E-state index contributed by atoms with van der Waals surface area (Å²) in [4.78, 5) is 19.3. The van der Waals surface area contributed by atoms with Crippen LogP contribution in [0.5, 0.6) is 0 Å². The van der Waals surface area contributed by atoms with E-state index in [1.54, 1.807) is 52.9 Å². The first-order valence-electron chi connectivity index (χ1n) is 11.3. The highest BCUT2D eigenvalue weighted by Crippen LogP contribution is 2.30. The van der Waals surface area contributed by atoms with Gasteiger partial charge in [-0.25, -0.2) is 13.4 Å². The Morgan fingerprint density at radius 2 is 1.89 bits per heavy atom. The number of nitrogens with zero attached hydrogens (tertiary/aromatic N) is 3. The summed E-state index contributed by atoms with van der Waals surface area (Å²) in [6, 6.07) is 11.9. The van der Waals surface area contributed by atoms with Gasteiger partial charge >= 0.3 is 0 Å². The van der Waals surface area contributed by atoms with Crippen molar-refractivity contribution in [1.82, 2.24) is 14.3 Å². The van der Waals surface area contributed by atoms with Crippen LogP contribution < -0.4 is 0 Å². The molecule has 4 aromatic rings. The van der Waals surface area contributed by atoms with E-state index >= 15 is 0 Å². The van der Waals surface area contributed by atoms with E-state index in [2.05, 4.69) is 9.36 Å². The fourth-order valence-electron chi connectivity index (χ4n) is 4.47. The Balaban J connectivity index is 1.23.